The highest BCUT2D eigenvalue weighted by Gasteiger charge is 2.11. The van der Waals surface area contributed by atoms with Gasteiger partial charge in [0.15, 0.2) is 0 Å². The first-order chi connectivity index (χ1) is 9.27. The second kappa shape index (κ2) is 9.90. The van der Waals surface area contributed by atoms with Crippen molar-refractivity contribution < 1.29 is 0 Å². The molecule has 19 heavy (non-hydrogen) atoms. The molecule has 1 aromatic rings. The highest BCUT2D eigenvalue weighted by Crippen LogP contribution is 2.18. The quantitative estimate of drug-likeness (QED) is 0.643. The standard InChI is InChI=1S/C16H29N3/c1-4-6-7-8-9-10-11-15(17-5-2)16-12-13-18-14(3)19-16/h12-13,15,17H,4-11H2,1-3H3. The maximum absolute atomic E-state index is 4.55. The average molecular weight is 263 g/mol. The van der Waals surface area contributed by atoms with Gasteiger partial charge in [-0.05, 0) is 26.0 Å². The van der Waals surface area contributed by atoms with Crippen LogP contribution in [0.15, 0.2) is 12.3 Å². The smallest absolute Gasteiger partial charge is 0.125 e. The van der Waals surface area contributed by atoms with Crippen LogP contribution in [0.4, 0.5) is 0 Å². The molecule has 0 saturated heterocycles. The Labute approximate surface area is 118 Å². The molecule has 0 amide bonds. The lowest BCUT2D eigenvalue weighted by atomic mass is 10.0. The van der Waals surface area contributed by atoms with Crippen LogP contribution < -0.4 is 5.32 Å². The highest BCUT2D eigenvalue weighted by atomic mass is 15.0. The summed E-state index contributed by atoms with van der Waals surface area (Å²) in [6.45, 7) is 7.36. The topological polar surface area (TPSA) is 37.8 Å². The summed E-state index contributed by atoms with van der Waals surface area (Å²) in [7, 11) is 0. The Hall–Kier alpha value is -0.960. The lowest BCUT2D eigenvalue weighted by molar-refractivity contribution is 0.467. The van der Waals surface area contributed by atoms with E-state index >= 15 is 0 Å². The monoisotopic (exact) mass is 263 g/mol. The van der Waals surface area contributed by atoms with Crippen LogP contribution in [0.1, 0.15) is 76.4 Å². The first-order valence-corrected chi connectivity index (χ1v) is 7.80. The molecule has 0 aliphatic rings. The molecule has 0 bridgehead atoms. The van der Waals surface area contributed by atoms with Gasteiger partial charge in [-0.25, -0.2) is 9.97 Å². The zero-order valence-electron chi connectivity index (χ0n) is 12.8. The lowest BCUT2D eigenvalue weighted by Gasteiger charge is -2.17. The van der Waals surface area contributed by atoms with Gasteiger partial charge in [-0.15, -0.1) is 0 Å². The molecule has 0 radical (unpaired) electrons. The Morgan fingerprint density at radius 2 is 1.84 bits per heavy atom. The normalized spacial score (nSPS) is 12.6. The molecule has 1 N–H and O–H groups in total. The van der Waals surface area contributed by atoms with Gasteiger partial charge in [0.05, 0.1) is 5.69 Å². The van der Waals surface area contributed by atoms with Crippen molar-refractivity contribution in [3.63, 3.8) is 0 Å². The fraction of sp³-hybridized carbons (Fsp3) is 0.750. The van der Waals surface area contributed by atoms with Crippen LogP contribution in [-0.4, -0.2) is 16.5 Å². The van der Waals surface area contributed by atoms with Crippen molar-refractivity contribution >= 4 is 0 Å². The summed E-state index contributed by atoms with van der Waals surface area (Å²) < 4.78 is 0. The minimum atomic E-state index is 0.387. The van der Waals surface area contributed by atoms with E-state index in [-0.39, 0.29) is 0 Å². The number of unbranched alkanes of at least 4 members (excludes halogenated alkanes) is 5. The average Bonchev–Trinajstić information content (AvgIpc) is 2.41. The summed E-state index contributed by atoms with van der Waals surface area (Å²) in [5.74, 6) is 0.864. The predicted molar refractivity (Wildman–Crippen MR) is 81.2 cm³/mol. The third-order valence-electron chi connectivity index (χ3n) is 3.45. The van der Waals surface area contributed by atoms with E-state index in [4.69, 9.17) is 0 Å². The van der Waals surface area contributed by atoms with E-state index < -0.39 is 0 Å². The summed E-state index contributed by atoms with van der Waals surface area (Å²) in [6, 6.07) is 2.43. The number of aromatic nitrogens is 2. The van der Waals surface area contributed by atoms with Crippen LogP contribution in [0.2, 0.25) is 0 Å². The van der Waals surface area contributed by atoms with Gasteiger partial charge in [0, 0.05) is 12.2 Å². The molecule has 0 fully saturated rings. The molecule has 1 aromatic heterocycles. The summed E-state index contributed by atoms with van der Waals surface area (Å²) in [5, 5.41) is 3.54. The van der Waals surface area contributed by atoms with Crippen LogP contribution in [0.25, 0.3) is 0 Å². The van der Waals surface area contributed by atoms with Crippen molar-refractivity contribution in [2.45, 2.75) is 71.8 Å². The van der Waals surface area contributed by atoms with E-state index in [2.05, 4.69) is 29.1 Å². The van der Waals surface area contributed by atoms with Crippen LogP contribution in [0.3, 0.4) is 0 Å². The number of hydrogen-bond acceptors (Lipinski definition) is 3. The third-order valence-corrected chi connectivity index (χ3v) is 3.45. The van der Waals surface area contributed by atoms with E-state index in [1.165, 1.54) is 44.9 Å². The first kappa shape index (κ1) is 16.1. The van der Waals surface area contributed by atoms with E-state index in [0.717, 1.165) is 18.1 Å². The molecule has 3 heteroatoms. The summed E-state index contributed by atoms with van der Waals surface area (Å²) in [5.41, 5.74) is 1.14. The van der Waals surface area contributed by atoms with Crippen LogP contribution in [-0.2, 0) is 0 Å². The van der Waals surface area contributed by atoms with Crippen molar-refractivity contribution in [2.24, 2.45) is 0 Å². The minimum absolute atomic E-state index is 0.387. The van der Waals surface area contributed by atoms with E-state index in [1.807, 2.05) is 19.2 Å². The van der Waals surface area contributed by atoms with Gasteiger partial charge < -0.3 is 5.32 Å². The van der Waals surface area contributed by atoms with Crippen LogP contribution >= 0.6 is 0 Å². The fourth-order valence-corrected chi connectivity index (χ4v) is 2.40. The Kier molecular flexibility index (Phi) is 8.39. The molecule has 108 valence electrons. The number of hydrogen-bond donors (Lipinski definition) is 1. The van der Waals surface area contributed by atoms with E-state index in [0.29, 0.717) is 6.04 Å². The molecular formula is C16H29N3. The molecule has 1 rings (SSSR count). The van der Waals surface area contributed by atoms with Crippen molar-refractivity contribution in [1.29, 1.82) is 0 Å². The number of nitrogens with one attached hydrogen (secondary N) is 1. The third kappa shape index (κ3) is 6.67. The van der Waals surface area contributed by atoms with Gasteiger partial charge in [-0.2, -0.15) is 0 Å². The SMILES string of the molecule is CCCCCCCCC(NCC)c1ccnc(C)n1. The van der Waals surface area contributed by atoms with Crippen molar-refractivity contribution in [3.8, 4) is 0 Å². The number of aryl methyl sites for hydroxylation is 1. The number of nitrogens with zero attached hydrogens (tertiary/aromatic N) is 2. The van der Waals surface area contributed by atoms with Crippen LogP contribution in [0.5, 0.6) is 0 Å². The van der Waals surface area contributed by atoms with Crippen molar-refractivity contribution in [3.05, 3.63) is 23.8 Å². The minimum Gasteiger partial charge on any atom is -0.309 e. The zero-order chi connectivity index (χ0) is 13.9. The van der Waals surface area contributed by atoms with Gasteiger partial charge in [0.1, 0.15) is 5.82 Å². The van der Waals surface area contributed by atoms with Crippen molar-refractivity contribution in [2.75, 3.05) is 6.54 Å². The molecule has 0 aromatic carbocycles. The second-order valence-corrected chi connectivity index (χ2v) is 5.20. The Balaban J connectivity index is 2.36. The lowest BCUT2D eigenvalue weighted by Crippen LogP contribution is -2.22. The van der Waals surface area contributed by atoms with Gasteiger partial charge in [0.2, 0.25) is 0 Å². The molecule has 0 aliphatic heterocycles. The molecule has 0 aliphatic carbocycles. The van der Waals surface area contributed by atoms with E-state index in [9.17, 15) is 0 Å². The summed E-state index contributed by atoms with van der Waals surface area (Å²) >= 11 is 0. The summed E-state index contributed by atoms with van der Waals surface area (Å²) in [6.07, 6.45) is 11.1. The van der Waals surface area contributed by atoms with Gasteiger partial charge in [-0.1, -0.05) is 52.4 Å². The molecule has 3 nitrogen and oxygen atoms in total. The van der Waals surface area contributed by atoms with E-state index in [1.54, 1.807) is 0 Å². The Morgan fingerprint density at radius 3 is 2.53 bits per heavy atom. The highest BCUT2D eigenvalue weighted by molar-refractivity contribution is 5.07. The predicted octanol–water partition coefficient (Wildman–Crippen LogP) is 4.19. The van der Waals surface area contributed by atoms with Gasteiger partial charge in [-0.3, -0.25) is 0 Å². The number of rotatable bonds is 10. The van der Waals surface area contributed by atoms with Gasteiger partial charge >= 0.3 is 0 Å². The van der Waals surface area contributed by atoms with Crippen LogP contribution in [0, 0.1) is 6.92 Å². The largest absolute Gasteiger partial charge is 0.309 e. The summed E-state index contributed by atoms with van der Waals surface area (Å²) in [4.78, 5) is 8.72. The Morgan fingerprint density at radius 1 is 1.11 bits per heavy atom. The molecule has 0 spiro atoms. The Bertz CT molecular complexity index is 339. The molecule has 1 atom stereocenters. The zero-order valence-corrected chi connectivity index (χ0v) is 12.8. The molecule has 0 saturated carbocycles. The van der Waals surface area contributed by atoms with Gasteiger partial charge in [0.25, 0.3) is 0 Å². The maximum atomic E-state index is 4.55. The molecular weight excluding hydrogens is 234 g/mol. The molecule has 1 unspecified atom stereocenters. The maximum Gasteiger partial charge on any atom is 0.125 e. The first-order valence-electron chi connectivity index (χ1n) is 7.80. The fourth-order valence-electron chi connectivity index (χ4n) is 2.40. The second-order valence-electron chi connectivity index (χ2n) is 5.20. The molecule has 1 heterocycles. The van der Waals surface area contributed by atoms with Crippen molar-refractivity contribution in [1.82, 2.24) is 15.3 Å².